The van der Waals surface area contributed by atoms with Gasteiger partial charge in [0, 0.05) is 16.0 Å². The summed E-state index contributed by atoms with van der Waals surface area (Å²) >= 11 is 9.39. The lowest BCUT2D eigenvalue weighted by molar-refractivity contribution is 0.237. The number of urea groups is 1. The molecule has 1 unspecified atom stereocenters. The summed E-state index contributed by atoms with van der Waals surface area (Å²) in [4.78, 5) is 11.9. The van der Waals surface area contributed by atoms with Crippen LogP contribution in [0, 0.1) is 0 Å². The minimum atomic E-state index is -0.210. The molecule has 2 aromatic rings. The van der Waals surface area contributed by atoms with Crippen LogP contribution in [0.5, 0.6) is 0 Å². The van der Waals surface area contributed by atoms with E-state index in [-0.39, 0.29) is 12.1 Å². The molecule has 21 heavy (non-hydrogen) atoms. The molecule has 0 aliphatic carbocycles. The van der Waals surface area contributed by atoms with E-state index >= 15 is 0 Å². The highest BCUT2D eigenvalue weighted by Crippen LogP contribution is 2.22. The van der Waals surface area contributed by atoms with Crippen molar-refractivity contribution < 1.29 is 4.79 Å². The fraction of sp³-hybridized carbons (Fsp3) is 0.188. The van der Waals surface area contributed by atoms with Gasteiger partial charge in [-0.05, 0) is 36.2 Å². The Bertz CT molecular complexity index is 633. The maximum atomic E-state index is 11.9. The number of hydrogen-bond donors (Lipinski definition) is 2. The molecule has 0 radical (unpaired) electrons. The van der Waals surface area contributed by atoms with Crippen LogP contribution in [0.1, 0.15) is 24.1 Å². The van der Waals surface area contributed by atoms with Crippen LogP contribution in [-0.2, 0) is 6.54 Å². The van der Waals surface area contributed by atoms with Crippen molar-refractivity contribution in [3.05, 3.63) is 69.2 Å². The molecule has 5 heteroatoms. The average Bonchev–Trinajstić information content (AvgIpc) is 2.45. The van der Waals surface area contributed by atoms with E-state index in [1.165, 1.54) is 0 Å². The third-order valence-corrected chi connectivity index (χ3v) is 4.02. The number of hydrogen-bond acceptors (Lipinski definition) is 1. The van der Waals surface area contributed by atoms with Crippen molar-refractivity contribution in [3.8, 4) is 0 Å². The molecule has 2 amide bonds. The van der Waals surface area contributed by atoms with Crippen LogP contribution in [0.25, 0.3) is 0 Å². The SMILES string of the molecule is CC(NC(=O)NCc1cccc(Cl)c1)c1ccccc1Br. The first-order chi connectivity index (χ1) is 10.1. The van der Waals surface area contributed by atoms with E-state index in [1.54, 1.807) is 6.07 Å². The Labute approximate surface area is 137 Å². The molecule has 1 atom stereocenters. The fourth-order valence-corrected chi connectivity index (χ4v) is 2.82. The molecule has 0 heterocycles. The van der Waals surface area contributed by atoms with Crippen LogP contribution in [0.4, 0.5) is 4.79 Å². The Morgan fingerprint density at radius 1 is 1.24 bits per heavy atom. The molecule has 3 nitrogen and oxygen atoms in total. The maximum Gasteiger partial charge on any atom is 0.315 e. The van der Waals surface area contributed by atoms with Crippen molar-refractivity contribution in [2.45, 2.75) is 19.5 Å². The van der Waals surface area contributed by atoms with E-state index < -0.39 is 0 Å². The number of rotatable bonds is 4. The van der Waals surface area contributed by atoms with Crippen molar-refractivity contribution in [2.75, 3.05) is 0 Å². The van der Waals surface area contributed by atoms with E-state index in [0.29, 0.717) is 11.6 Å². The van der Waals surface area contributed by atoms with E-state index in [1.807, 2.05) is 49.4 Å². The minimum absolute atomic E-state index is 0.0834. The monoisotopic (exact) mass is 366 g/mol. The van der Waals surface area contributed by atoms with E-state index in [0.717, 1.165) is 15.6 Å². The summed E-state index contributed by atoms with van der Waals surface area (Å²) in [6.07, 6.45) is 0. The second-order valence-corrected chi connectivity index (χ2v) is 5.99. The summed E-state index contributed by atoms with van der Waals surface area (Å²) in [6.45, 7) is 2.38. The second kappa shape index (κ2) is 7.48. The lowest BCUT2D eigenvalue weighted by atomic mass is 10.1. The zero-order valence-corrected chi connectivity index (χ0v) is 13.9. The quantitative estimate of drug-likeness (QED) is 0.810. The predicted octanol–water partition coefficient (Wildman–Crippen LogP) is 4.66. The molecule has 0 aliphatic rings. The van der Waals surface area contributed by atoms with Gasteiger partial charge < -0.3 is 10.6 Å². The molecule has 0 spiro atoms. The normalized spacial score (nSPS) is 11.8. The van der Waals surface area contributed by atoms with E-state index in [4.69, 9.17) is 11.6 Å². The van der Waals surface area contributed by atoms with Crippen LogP contribution in [0.3, 0.4) is 0 Å². The first kappa shape index (κ1) is 15.9. The van der Waals surface area contributed by atoms with Crippen LogP contribution in [0.2, 0.25) is 5.02 Å². The Balaban J connectivity index is 1.89. The van der Waals surface area contributed by atoms with Crippen LogP contribution < -0.4 is 10.6 Å². The largest absolute Gasteiger partial charge is 0.334 e. The Morgan fingerprint density at radius 2 is 2.00 bits per heavy atom. The third kappa shape index (κ3) is 4.76. The molecular weight excluding hydrogens is 352 g/mol. The average molecular weight is 368 g/mol. The Morgan fingerprint density at radius 3 is 2.71 bits per heavy atom. The topological polar surface area (TPSA) is 41.1 Å². The van der Waals surface area contributed by atoms with Gasteiger partial charge in [0.25, 0.3) is 0 Å². The van der Waals surface area contributed by atoms with E-state index in [2.05, 4.69) is 26.6 Å². The predicted molar refractivity (Wildman–Crippen MR) is 89.4 cm³/mol. The molecule has 2 rings (SSSR count). The zero-order chi connectivity index (χ0) is 15.2. The fourth-order valence-electron chi connectivity index (χ4n) is 1.98. The van der Waals surface area contributed by atoms with Crippen LogP contribution in [-0.4, -0.2) is 6.03 Å². The lowest BCUT2D eigenvalue weighted by Crippen LogP contribution is -2.36. The number of halogens is 2. The van der Waals surface area contributed by atoms with Crippen molar-refractivity contribution in [3.63, 3.8) is 0 Å². The van der Waals surface area contributed by atoms with Gasteiger partial charge in [-0.1, -0.05) is 57.9 Å². The first-order valence-electron chi connectivity index (χ1n) is 6.59. The lowest BCUT2D eigenvalue weighted by Gasteiger charge is -2.16. The van der Waals surface area contributed by atoms with Gasteiger partial charge in [-0.15, -0.1) is 0 Å². The molecule has 0 saturated carbocycles. The number of carbonyl (C=O) groups is 1. The maximum absolute atomic E-state index is 11.9. The van der Waals surface area contributed by atoms with Gasteiger partial charge in [-0.3, -0.25) is 0 Å². The van der Waals surface area contributed by atoms with Gasteiger partial charge in [0.2, 0.25) is 0 Å². The molecular formula is C16H16BrClN2O. The number of amides is 2. The summed E-state index contributed by atoms with van der Waals surface area (Å²) in [5, 5.41) is 6.39. The molecule has 110 valence electrons. The number of carbonyl (C=O) groups excluding carboxylic acids is 1. The first-order valence-corrected chi connectivity index (χ1v) is 7.76. The summed E-state index contributed by atoms with van der Waals surface area (Å²) in [5.74, 6) is 0. The summed E-state index contributed by atoms with van der Waals surface area (Å²) in [7, 11) is 0. The van der Waals surface area contributed by atoms with Crippen molar-refractivity contribution in [1.82, 2.24) is 10.6 Å². The van der Waals surface area contributed by atoms with Gasteiger partial charge in [-0.25, -0.2) is 4.79 Å². The standard InChI is InChI=1S/C16H16BrClN2O/c1-11(14-7-2-3-8-15(14)17)20-16(21)19-10-12-5-4-6-13(18)9-12/h2-9,11H,10H2,1H3,(H2,19,20,21). The van der Waals surface area contributed by atoms with Crippen molar-refractivity contribution in [2.24, 2.45) is 0 Å². The smallest absolute Gasteiger partial charge is 0.315 e. The van der Waals surface area contributed by atoms with Crippen molar-refractivity contribution >= 4 is 33.6 Å². The summed E-state index contributed by atoms with van der Waals surface area (Å²) in [5.41, 5.74) is 2.00. The second-order valence-electron chi connectivity index (χ2n) is 4.70. The Hall–Kier alpha value is -1.52. The zero-order valence-electron chi connectivity index (χ0n) is 11.6. The van der Waals surface area contributed by atoms with Gasteiger partial charge in [0.15, 0.2) is 0 Å². The number of nitrogens with one attached hydrogen (secondary N) is 2. The van der Waals surface area contributed by atoms with Gasteiger partial charge in [0.05, 0.1) is 6.04 Å². The molecule has 0 aromatic heterocycles. The molecule has 0 aliphatic heterocycles. The highest BCUT2D eigenvalue weighted by Gasteiger charge is 2.11. The highest BCUT2D eigenvalue weighted by atomic mass is 79.9. The Kier molecular flexibility index (Phi) is 5.65. The molecule has 0 saturated heterocycles. The van der Waals surface area contributed by atoms with Crippen molar-refractivity contribution in [1.29, 1.82) is 0 Å². The molecule has 0 bridgehead atoms. The number of benzene rings is 2. The molecule has 0 fully saturated rings. The minimum Gasteiger partial charge on any atom is -0.334 e. The van der Waals surface area contributed by atoms with Gasteiger partial charge in [-0.2, -0.15) is 0 Å². The van der Waals surface area contributed by atoms with Crippen LogP contribution >= 0.6 is 27.5 Å². The van der Waals surface area contributed by atoms with Crippen LogP contribution in [0.15, 0.2) is 53.0 Å². The summed E-state index contributed by atoms with van der Waals surface area (Å²) < 4.78 is 0.979. The summed E-state index contributed by atoms with van der Waals surface area (Å²) in [6, 6.07) is 15.0. The van der Waals surface area contributed by atoms with E-state index in [9.17, 15) is 4.79 Å². The van der Waals surface area contributed by atoms with Gasteiger partial charge >= 0.3 is 6.03 Å². The third-order valence-electron chi connectivity index (χ3n) is 3.06. The highest BCUT2D eigenvalue weighted by molar-refractivity contribution is 9.10. The van der Waals surface area contributed by atoms with Gasteiger partial charge in [0.1, 0.15) is 0 Å². The molecule has 2 N–H and O–H groups in total. The molecule has 2 aromatic carbocycles.